The second kappa shape index (κ2) is 10.0. The van der Waals surface area contributed by atoms with Crippen LogP contribution in [-0.2, 0) is 11.2 Å². The Balaban J connectivity index is 1.69. The number of carbonyl (C=O) groups is 1. The number of anilines is 2. The summed E-state index contributed by atoms with van der Waals surface area (Å²) in [6.07, 6.45) is 0.877. The smallest absolute Gasteiger partial charge is 0.324 e. The van der Waals surface area contributed by atoms with Crippen molar-refractivity contribution in [1.82, 2.24) is 0 Å². The van der Waals surface area contributed by atoms with Gasteiger partial charge in [0.25, 0.3) is 0 Å². The molecule has 0 fully saturated rings. The van der Waals surface area contributed by atoms with Gasteiger partial charge in [0.2, 0.25) is 0 Å². The molecule has 1 unspecified atom stereocenters. The van der Waals surface area contributed by atoms with E-state index in [4.69, 9.17) is 4.74 Å². The number of nitrogens with zero attached hydrogens (tertiary/aromatic N) is 2. The number of aliphatic carboxylic acids is 1. The summed E-state index contributed by atoms with van der Waals surface area (Å²) in [7, 11) is 1.69. The Hall–Kier alpha value is -3.12. The average molecular weight is 477 g/mol. The number of methoxy groups -OCH3 is 1. The van der Waals surface area contributed by atoms with Crippen LogP contribution in [0, 0.1) is 20.8 Å². The van der Waals surface area contributed by atoms with Crippen molar-refractivity contribution >= 4 is 29.3 Å². The third-order valence-corrected chi connectivity index (χ3v) is 7.81. The molecule has 178 valence electrons. The Bertz CT molecular complexity index is 1190. The van der Waals surface area contributed by atoms with Gasteiger partial charge in [0.1, 0.15) is 12.3 Å². The molecule has 0 radical (unpaired) electrons. The van der Waals surface area contributed by atoms with E-state index < -0.39 is 5.97 Å². The highest BCUT2D eigenvalue weighted by molar-refractivity contribution is 8.00. The van der Waals surface area contributed by atoms with Gasteiger partial charge in [0.05, 0.1) is 18.8 Å². The largest absolute Gasteiger partial charge is 0.497 e. The molecule has 0 spiro atoms. The first-order valence-electron chi connectivity index (χ1n) is 11.6. The third kappa shape index (κ3) is 4.87. The van der Waals surface area contributed by atoms with E-state index in [1.807, 2.05) is 28.6 Å². The minimum atomic E-state index is -0.841. The van der Waals surface area contributed by atoms with Crippen molar-refractivity contribution in [3.05, 3.63) is 82.4 Å². The SMILES string of the molecule is COc1cccc(C(C)N2CCc3c(N(CC(=O)O)Sc4c(C)cc(C)cc4C)cccc32)c1. The van der Waals surface area contributed by atoms with Gasteiger partial charge in [0, 0.05) is 22.7 Å². The number of fused-ring (bicyclic) bond motifs is 1. The van der Waals surface area contributed by atoms with Gasteiger partial charge in [-0.05, 0) is 87.0 Å². The molecular weight excluding hydrogens is 444 g/mol. The number of benzene rings is 3. The van der Waals surface area contributed by atoms with E-state index in [-0.39, 0.29) is 12.6 Å². The maximum Gasteiger partial charge on any atom is 0.324 e. The number of carboxylic acids is 1. The Morgan fingerprint density at radius 2 is 1.82 bits per heavy atom. The fourth-order valence-electron chi connectivity index (χ4n) is 4.87. The normalized spacial score (nSPS) is 13.5. The molecule has 3 aromatic rings. The van der Waals surface area contributed by atoms with Crippen LogP contribution in [0.5, 0.6) is 5.75 Å². The molecule has 1 atom stereocenters. The predicted molar refractivity (Wildman–Crippen MR) is 140 cm³/mol. The summed E-state index contributed by atoms with van der Waals surface area (Å²) in [5.74, 6) is 0.0116. The molecule has 3 aromatic carbocycles. The molecule has 0 aromatic heterocycles. The fraction of sp³-hybridized carbons (Fsp3) is 0.321. The van der Waals surface area contributed by atoms with Gasteiger partial charge in [-0.1, -0.05) is 35.9 Å². The molecular formula is C28H32N2O3S. The number of rotatable bonds is 8. The van der Waals surface area contributed by atoms with Crippen LogP contribution in [0.15, 0.2) is 59.5 Å². The van der Waals surface area contributed by atoms with Gasteiger partial charge in [-0.25, -0.2) is 0 Å². The summed E-state index contributed by atoms with van der Waals surface area (Å²) in [5.41, 5.74) is 8.09. The molecule has 4 rings (SSSR count). The van der Waals surface area contributed by atoms with Crippen LogP contribution in [0.2, 0.25) is 0 Å². The second-order valence-corrected chi connectivity index (χ2v) is 9.95. The highest BCUT2D eigenvalue weighted by Crippen LogP contribution is 2.43. The minimum Gasteiger partial charge on any atom is -0.497 e. The molecule has 1 N–H and O–H groups in total. The van der Waals surface area contributed by atoms with Gasteiger partial charge in [0.15, 0.2) is 0 Å². The summed E-state index contributed by atoms with van der Waals surface area (Å²) in [6, 6.07) is 18.9. The highest BCUT2D eigenvalue weighted by atomic mass is 32.2. The molecule has 0 aliphatic carbocycles. The van der Waals surface area contributed by atoms with Gasteiger partial charge < -0.3 is 19.0 Å². The number of ether oxygens (including phenoxy) is 1. The average Bonchev–Trinajstić information content (AvgIpc) is 3.24. The molecule has 6 heteroatoms. The third-order valence-electron chi connectivity index (χ3n) is 6.44. The van der Waals surface area contributed by atoms with E-state index in [0.717, 1.165) is 29.3 Å². The molecule has 5 nitrogen and oxygen atoms in total. The lowest BCUT2D eigenvalue weighted by Gasteiger charge is -2.29. The highest BCUT2D eigenvalue weighted by Gasteiger charge is 2.29. The Kier molecular flexibility index (Phi) is 7.08. The topological polar surface area (TPSA) is 53.0 Å². The van der Waals surface area contributed by atoms with Crippen LogP contribution >= 0.6 is 11.9 Å². The quantitative estimate of drug-likeness (QED) is 0.383. The van der Waals surface area contributed by atoms with Crippen molar-refractivity contribution in [1.29, 1.82) is 0 Å². The summed E-state index contributed by atoms with van der Waals surface area (Å²) in [4.78, 5) is 15.4. The van der Waals surface area contributed by atoms with Gasteiger partial charge in [-0.2, -0.15) is 0 Å². The van der Waals surface area contributed by atoms with E-state index in [0.29, 0.717) is 0 Å². The monoisotopic (exact) mass is 476 g/mol. The number of carboxylic acid groups (broad SMARTS) is 1. The first-order chi connectivity index (χ1) is 16.3. The fourth-order valence-corrected chi connectivity index (χ4v) is 5.94. The maximum atomic E-state index is 11.8. The van der Waals surface area contributed by atoms with Gasteiger partial charge >= 0.3 is 5.97 Å². The molecule has 0 saturated heterocycles. The Morgan fingerprint density at radius 3 is 2.50 bits per heavy atom. The zero-order chi connectivity index (χ0) is 24.4. The number of hydrogen-bond donors (Lipinski definition) is 1. The molecule has 1 aliphatic heterocycles. The molecule has 1 heterocycles. The maximum absolute atomic E-state index is 11.8. The summed E-state index contributed by atoms with van der Waals surface area (Å²) >= 11 is 1.53. The van der Waals surface area contributed by atoms with Crippen LogP contribution in [0.4, 0.5) is 11.4 Å². The van der Waals surface area contributed by atoms with Crippen molar-refractivity contribution in [2.75, 3.05) is 29.4 Å². The zero-order valence-electron chi connectivity index (χ0n) is 20.5. The van der Waals surface area contributed by atoms with Crippen LogP contribution in [-0.4, -0.2) is 31.3 Å². The van der Waals surface area contributed by atoms with E-state index in [2.05, 4.69) is 62.9 Å². The summed E-state index contributed by atoms with van der Waals surface area (Å²) < 4.78 is 7.36. The van der Waals surface area contributed by atoms with E-state index >= 15 is 0 Å². The van der Waals surface area contributed by atoms with Crippen molar-refractivity contribution in [2.45, 2.75) is 45.1 Å². The van der Waals surface area contributed by atoms with Crippen molar-refractivity contribution < 1.29 is 14.6 Å². The van der Waals surface area contributed by atoms with Crippen LogP contribution in [0.3, 0.4) is 0 Å². The summed E-state index contributed by atoms with van der Waals surface area (Å²) in [6.45, 7) is 9.30. The lowest BCUT2D eigenvalue weighted by Crippen LogP contribution is -2.25. The lowest BCUT2D eigenvalue weighted by molar-refractivity contribution is -0.135. The van der Waals surface area contributed by atoms with Crippen LogP contribution in [0.1, 0.15) is 40.8 Å². The molecule has 0 amide bonds. The van der Waals surface area contributed by atoms with Crippen LogP contribution < -0.4 is 13.9 Å². The minimum absolute atomic E-state index is 0.0701. The van der Waals surface area contributed by atoms with E-state index in [9.17, 15) is 9.90 Å². The van der Waals surface area contributed by atoms with E-state index in [1.54, 1.807) is 7.11 Å². The predicted octanol–water partition coefficient (Wildman–Crippen LogP) is 6.34. The number of aryl methyl sites for hydroxylation is 3. The number of hydrogen-bond acceptors (Lipinski definition) is 5. The van der Waals surface area contributed by atoms with Crippen molar-refractivity contribution in [3.8, 4) is 5.75 Å². The molecule has 1 aliphatic rings. The molecule has 0 bridgehead atoms. The lowest BCUT2D eigenvalue weighted by atomic mass is 10.1. The Morgan fingerprint density at radius 1 is 1.12 bits per heavy atom. The van der Waals surface area contributed by atoms with Gasteiger partial charge in [-0.15, -0.1) is 0 Å². The first-order valence-corrected chi connectivity index (χ1v) is 12.3. The van der Waals surface area contributed by atoms with E-state index in [1.165, 1.54) is 45.5 Å². The summed E-state index contributed by atoms with van der Waals surface area (Å²) in [5, 5.41) is 9.72. The molecule has 0 saturated carbocycles. The van der Waals surface area contributed by atoms with Gasteiger partial charge in [-0.3, -0.25) is 4.79 Å². The zero-order valence-corrected chi connectivity index (χ0v) is 21.3. The van der Waals surface area contributed by atoms with Crippen molar-refractivity contribution in [3.63, 3.8) is 0 Å². The Labute approximate surface area is 206 Å². The standard InChI is InChI=1S/C28H32N2O3S/c1-18-14-19(2)28(20(3)15-18)34-30(17-27(31)32)26-11-7-10-25-24(26)12-13-29(25)21(4)22-8-6-9-23(16-22)33-5/h6-11,14-16,21H,12-13,17H2,1-5H3,(H,31,32). The second-order valence-electron chi connectivity index (χ2n) is 8.92. The molecule has 34 heavy (non-hydrogen) atoms. The van der Waals surface area contributed by atoms with Crippen LogP contribution in [0.25, 0.3) is 0 Å². The van der Waals surface area contributed by atoms with Crippen molar-refractivity contribution in [2.24, 2.45) is 0 Å². The first kappa shape index (κ1) is 24.0.